The summed E-state index contributed by atoms with van der Waals surface area (Å²) >= 11 is 1.38. The van der Waals surface area contributed by atoms with Crippen LogP contribution in [0.15, 0.2) is 11.0 Å². The van der Waals surface area contributed by atoms with E-state index in [0.29, 0.717) is 22.6 Å². The number of ketones is 1. The number of carbonyl (C=O) groups is 1. The first-order valence-electron chi connectivity index (χ1n) is 4.14. The van der Waals surface area contributed by atoms with Crippen LogP contribution in [0.1, 0.15) is 16.8 Å². The lowest BCUT2D eigenvalue weighted by Crippen LogP contribution is -2.14. The van der Waals surface area contributed by atoms with E-state index in [0.717, 1.165) is 6.07 Å². The molecule has 0 amide bonds. The van der Waals surface area contributed by atoms with Crippen molar-refractivity contribution in [2.45, 2.75) is 11.3 Å². The molecular formula is C9H9FN2OS. The molecule has 1 aromatic carbocycles. The monoisotopic (exact) mass is 212 g/mol. The summed E-state index contributed by atoms with van der Waals surface area (Å²) in [4.78, 5) is 12.0. The summed E-state index contributed by atoms with van der Waals surface area (Å²) in [5.74, 6) is 0.0326. The largest absolute Gasteiger partial charge is 0.398 e. The standard InChI is InChI=1S/C9H9FN2OS/c10-4-3-5(11)7-6(13)1-2-14-9(7)8(4)12/h3H,1-2,11-12H2. The summed E-state index contributed by atoms with van der Waals surface area (Å²) in [7, 11) is 0. The lowest BCUT2D eigenvalue weighted by atomic mass is 10.0. The van der Waals surface area contributed by atoms with E-state index < -0.39 is 5.82 Å². The highest BCUT2D eigenvalue weighted by molar-refractivity contribution is 7.99. The molecule has 0 unspecified atom stereocenters. The van der Waals surface area contributed by atoms with Gasteiger partial charge in [-0.2, -0.15) is 0 Å². The summed E-state index contributed by atoms with van der Waals surface area (Å²) in [6, 6.07) is 1.11. The first-order chi connectivity index (χ1) is 6.61. The molecule has 4 N–H and O–H groups in total. The van der Waals surface area contributed by atoms with E-state index >= 15 is 0 Å². The Hall–Kier alpha value is -1.23. The van der Waals surface area contributed by atoms with Gasteiger partial charge in [-0.05, 0) is 6.07 Å². The molecule has 0 atom stereocenters. The molecule has 0 fully saturated rings. The van der Waals surface area contributed by atoms with Crippen LogP contribution in [0, 0.1) is 5.82 Å². The minimum Gasteiger partial charge on any atom is -0.398 e. The molecule has 14 heavy (non-hydrogen) atoms. The summed E-state index contributed by atoms with van der Waals surface area (Å²) < 4.78 is 13.2. The summed E-state index contributed by atoms with van der Waals surface area (Å²) in [6.07, 6.45) is 0.437. The van der Waals surface area contributed by atoms with Gasteiger partial charge in [0.1, 0.15) is 5.82 Å². The predicted molar refractivity (Wildman–Crippen MR) is 54.9 cm³/mol. The van der Waals surface area contributed by atoms with Gasteiger partial charge in [0.05, 0.1) is 11.3 Å². The number of thioether (sulfide) groups is 1. The fraction of sp³-hybridized carbons (Fsp3) is 0.222. The van der Waals surface area contributed by atoms with Crippen LogP contribution in [0.3, 0.4) is 0 Å². The third-order valence-corrected chi connectivity index (χ3v) is 3.28. The summed E-state index contributed by atoms with van der Waals surface area (Å²) in [5.41, 5.74) is 11.7. The molecule has 5 heteroatoms. The highest BCUT2D eigenvalue weighted by atomic mass is 32.2. The SMILES string of the molecule is Nc1cc(F)c(N)c2c1C(=O)CCS2. The zero-order chi connectivity index (χ0) is 10.3. The molecular weight excluding hydrogens is 203 g/mol. The molecule has 0 aromatic heterocycles. The van der Waals surface area contributed by atoms with Gasteiger partial charge in [-0.25, -0.2) is 4.39 Å². The lowest BCUT2D eigenvalue weighted by Gasteiger charge is -2.18. The van der Waals surface area contributed by atoms with Crippen LogP contribution in [0.2, 0.25) is 0 Å². The molecule has 0 spiro atoms. The van der Waals surface area contributed by atoms with Gasteiger partial charge in [0, 0.05) is 22.8 Å². The molecule has 1 heterocycles. The fourth-order valence-electron chi connectivity index (χ4n) is 1.47. The third kappa shape index (κ3) is 1.24. The van der Waals surface area contributed by atoms with Crippen molar-refractivity contribution in [1.29, 1.82) is 0 Å². The molecule has 0 aliphatic carbocycles. The van der Waals surface area contributed by atoms with Gasteiger partial charge in [0.2, 0.25) is 0 Å². The van der Waals surface area contributed by atoms with Crippen molar-refractivity contribution in [2.75, 3.05) is 17.2 Å². The number of rotatable bonds is 0. The number of benzene rings is 1. The molecule has 1 aliphatic rings. The maximum Gasteiger partial charge on any atom is 0.166 e. The Balaban J connectivity index is 2.72. The highest BCUT2D eigenvalue weighted by Crippen LogP contribution is 2.39. The van der Waals surface area contributed by atoms with E-state index in [9.17, 15) is 9.18 Å². The molecule has 1 aromatic rings. The second kappa shape index (κ2) is 3.16. The molecule has 0 saturated carbocycles. The Bertz CT molecular complexity index is 420. The quantitative estimate of drug-likeness (QED) is 0.642. The van der Waals surface area contributed by atoms with Gasteiger partial charge in [0.25, 0.3) is 0 Å². The van der Waals surface area contributed by atoms with E-state index in [1.165, 1.54) is 11.8 Å². The van der Waals surface area contributed by atoms with Crippen molar-refractivity contribution in [3.8, 4) is 0 Å². The Morgan fingerprint density at radius 2 is 2.14 bits per heavy atom. The molecule has 74 valence electrons. The van der Waals surface area contributed by atoms with Crippen LogP contribution in [-0.2, 0) is 0 Å². The lowest BCUT2D eigenvalue weighted by molar-refractivity contribution is 0.0986. The van der Waals surface area contributed by atoms with Crippen LogP contribution in [0.5, 0.6) is 0 Å². The predicted octanol–water partition coefficient (Wildman–Crippen LogP) is 1.67. The van der Waals surface area contributed by atoms with E-state index in [4.69, 9.17) is 11.5 Å². The number of fused-ring (bicyclic) bond motifs is 1. The molecule has 1 aliphatic heterocycles. The maximum absolute atomic E-state index is 13.2. The minimum atomic E-state index is -0.552. The van der Waals surface area contributed by atoms with Gasteiger partial charge in [0.15, 0.2) is 5.78 Å². The first kappa shape index (κ1) is 9.33. The second-order valence-electron chi connectivity index (χ2n) is 3.09. The number of nitrogens with two attached hydrogens (primary N) is 2. The summed E-state index contributed by atoms with van der Waals surface area (Å²) in [6.45, 7) is 0. The Morgan fingerprint density at radius 1 is 1.43 bits per heavy atom. The van der Waals surface area contributed by atoms with Crippen LogP contribution < -0.4 is 11.5 Å². The Kier molecular flexibility index (Phi) is 2.11. The van der Waals surface area contributed by atoms with E-state index in [1.807, 2.05) is 0 Å². The van der Waals surface area contributed by atoms with Crippen molar-refractivity contribution in [3.63, 3.8) is 0 Å². The van der Waals surface area contributed by atoms with Crippen molar-refractivity contribution in [2.24, 2.45) is 0 Å². The normalized spacial score (nSPS) is 15.4. The van der Waals surface area contributed by atoms with Crippen molar-refractivity contribution >= 4 is 28.9 Å². The smallest absolute Gasteiger partial charge is 0.166 e. The van der Waals surface area contributed by atoms with E-state index in [1.54, 1.807) is 0 Å². The molecule has 0 saturated heterocycles. The number of nitrogen functional groups attached to an aromatic ring is 2. The third-order valence-electron chi connectivity index (χ3n) is 2.15. The Morgan fingerprint density at radius 3 is 2.86 bits per heavy atom. The van der Waals surface area contributed by atoms with E-state index in [-0.39, 0.29) is 17.2 Å². The van der Waals surface area contributed by atoms with Gasteiger partial charge >= 0.3 is 0 Å². The van der Waals surface area contributed by atoms with Crippen molar-refractivity contribution < 1.29 is 9.18 Å². The van der Waals surface area contributed by atoms with Crippen molar-refractivity contribution in [3.05, 3.63) is 17.4 Å². The van der Waals surface area contributed by atoms with Crippen LogP contribution in [0.4, 0.5) is 15.8 Å². The van der Waals surface area contributed by atoms with Gasteiger partial charge < -0.3 is 11.5 Å². The zero-order valence-electron chi connectivity index (χ0n) is 7.34. The fourth-order valence-corrected chi connectivity index (χ4v) is 2.59. The first-order valence-corrected chi connectivity index (χ1v) is 5.13. The van der Waals surface area contributed by atoms with Crippen LogP contribution in [-0.4, -0.2) is 11.5 Å². The number of halogens is 1. The highest BCUT2D eigenvalue weighted by Gasteiger charge is 2.24. The average Bonchev–Trinajstić information content (AvgIpc) is 2.14. The zero-order valence-corrected chi connectivity index (χ0v) is 8.16. The Labute approximate surface area is 84.7 Å². The van der Waals surface area contributed by atoms with Crippen LogP contribution in [0.25, 0.3) is 0 Å². The van der Waals surface area contributed by atoms with Gasteiger partial charge in [-0.3, -0.25) is 4.79 Å². The maximum atomic E-state index is 13.2. The second-order valence-corrected chi connectivity index (χ2v) is 4.19. The number of hydrogen-bond donors (Lipinski definition) is 2. The van der Waals surface area contributed by atoms with Crippen molar-refractivity contribution in [1.82, 2.24) is 0 Å². The number of carbonyl (C=O) groups excluding carboxylic acids is 1. The summed E-state index contributed by atoms with van der Waals surface area (Å²) in [5, 5.41) is 0. The number of anilines is 2. The number of Topliss-reactive ketones (excluding diaryl/α,β-unsaturated/α-hetero) is 1. The molecule has 0 radical (unpaired) electrons. The molecule has 0 bridgehead atoms. The van der Waals surface area contributed by atoms with Gasteiger partial charge in [-0.15, -0.1) is 11.8 Å². The topological polar surface area (TPSA) is 69.1 Å². The average molecular weight is 212 g/mol. The molecule has 2 rings (SSSR count). The minimum absolute atomic E-state index is 0.0345. The number of hydrogen-bond acceptors (Lipinski definition) is 4. The van der Waals surface area contributed by atoms with Gasteiger partial charge in [-0.1, -0.05) is 0 Å². The molecule has 3 nitrogen and oxygen atoms in total. The van der Waals surface area contributed by atoms with Crippen LogP contribution >= 0.6 is 11.8 Å². The van der Waals surface area contributed by atoms with E-state index in [2.05, 4.69) is 0 Å².